The van der Waals surface area contributed by atoms with Crippen LogP contribution in [0.2, 0.25) is 0 Å². The SMILES string of the molecule is Cc1cc(I)ccc1N=Cc1ccc(OCC(=O)OC(C)C)cc1. The molecule has 0 atom stereocenters. The highest BCUT2D eigenvalue weighted by Crippen LogP contribution is 2.21. The third-order valence-corrected chi connectivity index (χ3v) is 3.79. The molecule has 0 bridgehead atoms. The third-order valence-electron chi connectivity index (χ3n) is 3.12. The Labute approximate surface area is 156 Å². The molecule has 0 unspecified atom stereocenters. The number of carbonyl (C=O) groups is 1. The van der Waals surface area contributed by atoms with Gasteiger partial charge in [0.25, 0.3) is 0 Å². The van der Waals surface area contributed by atoms with Crippen molar-refractivity contribution in [1.82, 2.24) is 0 Å². The van der Waals surface area contributed by atoms with Gasteiger partial charge in [0.2, 0.25) is 0 Å². The summed E-state index contributed by atoms with van der Waals surface area (Å²) in [4.78, 5) is 16.0. The van der Waals surface area contributed by atoms with Crippen LogP contribution >= 0.6 is 22.6 Å². The van der Waals surface area contributed by atoms with Crippen molar-refractivity contribution in [2.24, 2.45) is 4.99 Å². The van der Waals surface area contributed by atoms with E-state index in [4.69, 9.17) is 9.47 Å². The number of hydrogen-bond acceptors (Lipinski definition) is 4. The maximum atomic E-state index is 11.4. The number of carbonyl (C=O) groups excluding carboxylic acids is 1. The Bertz CT molecular complexity index is 724. The van der Waals surface area contributed by atoms with Crippen LogP contribution in [0, 0.1) is 10.5 Å². The van der Waals surface area contributed by atoms with Crippen molar-refractivity contribution in [1.29, 1.82) is 0 Å². The Hall–Kier alpha value is -1.89. The second kappa shape index (κ2) is 8.82. The van der Waals surface area contributed by atoms with E-state index in [0.29, 0.717) is 5.75 Å². The molecule has 2 aromatic carbocycles. The predicted octanol–water partition coefficient (Wildman–Crippen LogP) is 4.68. The van der Waals surface area contributed by atoms with E-state index in [-0.39, 0.29) is 18.7 Å². The Morgan fingerprint density at radius 2 is 1.92 bits per heavy atom. The molecule has 0 aliphatic heterocycles. The molecule has 0 aromatic heterocycles. The van der Waals surface area contributed by atoms with Gasteiger partial charge in [-0.3, -0.25) is 4.99 Å². The lowest BCUT2D eigenvalue weighted by atomic mass is 10.2. The van der Waals surface area contributed by atoms with Crippen LogP contribution in [0.4, 0.5) is 5.69 Å². The molecule has 0 aliphatic carbocycles. The van der Waals surface area contributed by atoms with Crippen LogP contribution in [-0.4, -0.2) is 24.9 Å². The van der Waals surface area contributed by atoms with Crippen molar-refractivity contribution < 1.29 is 14.3 Å². The van der Waals surface area contributed by atoms with Crippen molar-refractivity contribution in [3.8, 4) is 5.75 Å². The lowest BCUT2D eigenvalue weighted by molar-refractivity contribution is -0.149. The quantitative estimate of drug-likeness (QED) is 0.375. The van der Waals surface area contributed by atoms with Crippen molar-refractivity contribution >= 4 is 40.5 Å². The van der Waals surface area contributed by atoms with Crippen LogP contribution in [-0.2, 0) is 9.53 Å². The van der Waals surface area contributed by atoms with Crippen molar-refractivity contribution in [3.63, 3.8) is 0 Å². The maximum Gasteiger partial charge on any atom is 0.344 e. The van der Waals surface area contributed by atoms with Crippen LogP contribution < -0.4 is 4.74 Å². The standard InChI is InChI=1S/C19H20INO3/c1-13(2)24-19(22)12-23-17-7-4-15(5-8-17)11-21-18-9-6-16(20)10-14(18)3/h4-11,13H,12H2,1-3H3. The van der Waals surface area contributed by atoms with Gasteiger partial charge < -0.3 is 9.47 Å². The van der Waals surface area contributed by atoms with Gasteiger partial charge in [-0.25, -0.2) is 4.79 Å². The van der Waals surface area contributed by atoms with E-state index in [1.807, 2.05) is 49.5 Å². The van der Waals surface area contributed by atoms with Crippen LogP contribution in [0.1, 0.15) is 25.0 Å². The van der Waals surface area contributed by atoms with Crippen LogP contribution in [0.5, 0.6) is 5.75 Å². The number of hydrogen-bond donors (Lipinski definition) is 0. The number of ether oxygens (including phenoxy) is 2. The molecule has 4 nitrogen and oxygen atoms in total. The molecule has 0 amide bonds. The van der Waals surface area contributed by atoms with E-state index >= 15 is 0 Å². The summed E-state index contributed by atoms with van der Waals surface area (Å²) in [6.45, 7) is 5.57. The zero-order chi connectivity index (χ0) is 17.5. The molecule has 2 aromatic rings. The minimum absolute atomic E-state index is 0.0898. The van der Waals surface area contributed by atoms with Gasteiger partial charge in [-0.05, 0) is 97.0 Å². The second-order valence-electron chi connectivity index (χ2n) is 5.59. The van der Waals surface area contributed by atoms with Gasteiger partial charge in [0.05, 0.1) is 11.8 Å². The molecular weight excluding hydrogens is 417 g/mol. The summed E-state index contributed by atoms with van der Waals surface area (Å²) in [6.07, 6.45) is 1.68. The highest BCUT2D eigenvalue weighted by atomic mass is 127. The molecule has 2 rings (SSSR count). The summed E-state index contributed by atoms with van der Waals surface area (Å²) in [6, 6.07) is 13.6. The first-order valence-corrected chi connectivity index (χ1v) is 8.74. The van der Waals surface area contributed by atoms with Gasteiger partial charge in [-0.15, -0.1) is 0 Å². The minimum Gasteiger partial charge on any atom is -0.482 e. The molecule has 0 saturated heterocycles. The Balaban J connectivity index is 1.94. The first-order chi connectivity index (χ1) is 11.4. The number of halogens is 1. The van der Waals surface area contributed by atoms with Gasteiger partial charge >= 0.3 is 5.97 Å². The molecule has 0 aliphatic rings. The van der Waals surface area contributed by atoms with E-state index in [9.17, 15) is 4.79 Å². The van der Waals surface area contributed by atoms with Gasteiger partial charge in [0.1, 0.15) is 5.75 Å². The van der Waals surface area contributed by atoms with E-state index in [1.165, 1.54) is 3.57 Å². The second-order valence-corrected chi connectivity index (χ2v) is 6.83. The number of benzene rings is 2. The largest absolute Gasteiger partial charge is 0.482 e. The maximum absolute atomic E-state index is 11.4. The van der Waals surface area contributed by atoms with Gasteiger partial charge in [-0.2, -0.15) is 0 Å². The molecule has 5 heteroatoms. The van der Waals surface area contributed by atoms with Crippen molar-refractivity contribution in [3.05, 3.63) is 57.2 Å². The smallest absolute Gasteiger partial charge is 0.344 e. The normalized spacial score (nSPS) is 11.0. The van der Waals surface area contributed by atoms with Gasteiger partial charge in [0.15, 0.2) is 6.61 Å². The Morgan fingerprint density at radius 1 is 1.21 bits per heavy atom. The first kappa shape index (κ1) is 18.4. The highest BCUT2D eigenvalue weighted by Gasteiger charge is 2.06. The highest BCUT2D eigenvalue weighted by molar-refractivity contribution is 14.1. The average Bonchev–Trinajstić information content (AvgIpc) is 2.52. The monoisotopic (exact) mass is 437 g/mol. The summed E-state index contributed by atoms with van der Waals surface area (Å²) < 4.78 is 11.6. The molecule has 0 radical (unpaired) electrons. The number of aliphatic imine (C=N–C) groups is 1. The molecule has 126 valence electrons. The Morgan fingerprint density at radius 3 is 2.54 bits per heavy atom. The van der Waals surface area contributed by atoms with Gasteiger partial charge in [-0.1, -0.05) is 0 Å². The van der Waals surface area contributed by atoms with Crippen LogP contribution in [0.25, 0.3) is 0 Å². The fourth-order valence-corrected chi connectivity index (χ4v) is 2.64. The predicted molar refractivity (Wildman–Crippen MR) is 104 cm³/mol. The molecule has 0 N–H and O–H groups in total. The summed E-state index contributed by atoms with van der Waals surface area (Å²) in [5.74, 6) is 0.253. The molecule has 0 fully saturated rings. The fourth-order valence-electron chi connectivity index (χ4n) is 2.00. The molecular formula is C19H20INO3. The van der Waals surface area contributed by atoms with Crippen molar-refractivity contribution in [2.45, 2.75) is 26.9 Å². The number of aryl methyl sites for hydroxylation is 1. The lowest BCUT2D eigenvalue weighted by Gasteiger charge is -2.09. The average molecular weight is 437 g/mol. The Kier molecular flexibility index (Phi) is 6.78. The summed E-state index contributed by atoms with van der Waals surface area (Å²) in [5, 5.41) is 0. The number of rotatable bonds is 6. The first-order valence-electron chi connectivity index (χ1n) is 7.66. The van der Waals surface area contributed by atoms with Crippen LogP contribution in [0.15, 0.2) is 47.5 Å². The molecule has 0 saturated carbocycles. The zero-order valence-corrected chi connectivity index (χ0v) is 16.1. The van der Waals surface area contributed by atoms with E-state index in [0.717, 1.165) is 16.8 Å². The fraction of sp³-hybridized carbons (Fsp3) is 0.263. The van der Waals surface area contributed by atoms with Crippen LogP contribution in [0.3, 0.4) is 0 Å². The zero-order valence-electron chi connectivity index (χ0n) is 14.0. The minimum atomic E-state index is -0.371. The summed E-state index contributed by atoms with van der Waals surface area (Å²) in [7, 11) is 0. The molecule has 0 heterocycles. The summed E-state index contributed by atoms with van der Waals surface area (Å²) in [5.41, 5.74) is 3.05. The molecule has 24 heavy (non-hydrogen) atoms. The topological polar surface area (TPSA) is 47.9 Å². The lowest BCUT2D eigenvalue weighted by Crippen LogP contribution is -2.18. The third kappa shape index (κ3) is 5.96. The van der Waals surface area contributed by atoms with E-state index < -0.39 is 0 Å². The van der Waals surface area contributed by atoms with Crippen molar-refractivity contribution in [2.75, 3.05) is 6.61 Å². The number of nitrogens with zero attached hydrogens (tertiary/aromatic N) is 1. The van der Waals surface area contributed by atoms with E-state index in [2.05, 4.69) is 33.6 Å². The number of esters is 1. The van der Waals surface area contributed by atoms with Gasteiger partial charge in [0, 0.05) is 9.78 Å². The summed E-state index contributed by atoms with van der Waals surface area (Å²) >= 11 is 2.29. The molecule has 0 spiro atoms. The van der Waals surface area contributed by atoms with E-state index in [1.54, 1.807) is 13.8 Å².